The Labute approximate surface area is 204 Å². The summed E-state index contributed by atoms with van der Waals surface area (Å²) in [6.45, 7) is 0. The van der Waals surface area contributed by atoms with Crippen LogP contribution in [-0.2, 0) is 4.74 Å². The quantitative estimate of drug-likeness (QED) is 0.323. The lowest BCUT2D eigenvalue weighted by Gasteiger charge is -2.18. The Morgan fingerprint density at radius 1 is 1.00 bits per heavy atom. The SMILES string of the molecule is COC(=O)c1ccc(-n2c(/C=C/c3cccc(OC)c3OC3CCCC3)nc3ccccc32)nc1. The van der Waals surface area contributed by atoms with Crippen LogP contribution in [0.15, 0.2) is 60.8 Å². The summed E-state index contributed by atoms with van der Waals surface area (Å²) in [5.74, 6) is 2.40. The second-order valence-electron chi connectivity index (χ2n) is 8.43. The molecule has 5 rings (SSSR count). The van der Waals surface area contributed by atoms with Crippen molar-refractivity contribution in [3.05, 3.63) is 77.7 Å². The van der Waals surface area contributed by atoms with Gasteiger partial charge in [0, 0.05) is 11.8 Å². The number of carbonyl (C=O) groups is 1. The number of carbonyl (C=O) groups excluding carboxylic acids is 1. The Morgan fingerprint density at radius 3 is 2.57 bits per heavy atom. The number of ether oxygens (including phenoxy) is 3. The molecule has 2 heterocycles. The molecule has 0 saturated heterocycles. The fourth-order valence-corrected chi connectivity index (χ4v) is 4.44. The smallest absolute Gasteiger partial charge is 0.339 e. The fraction of sp³-hybridized carbons (Fsp3) is 0.250. The van der Waals surface area contributed by atoms with Crippen molar-refractivity contribution in [1.29, 1.82) is 0 Å². The Hall–Kier alpha value is -4.13. The lowest BCUT2D eigenvalue weighted by atomic mass is 10.1. The van der Waals surface area contributed by atoms with Crippen molar-refractivity contribution in [2.75, 3.05) is 14.2 Å². The van der Waals surface area contributed by atoms with Crippen LogP contribution in [0.3, 0.4) is 0 Å². The number of pyridine rings is 1. The maximum absolute atomic E-state index is 11.8. The zero-order chi connectivity index (χ0) is 24.2. The van der Waals surface area contributed by atoms with Gasteiger partial charge >= 0.3 is 5.97 Å². The monoisotopic (exact) mass is 469 g/mol. The van der Waals surface area contributed by atoms with Crippen LogP contribution in [0.4, 0.5) is 0 Å². The number of imidazole rings is 1. The molecule has 1 aliphatic rings. The molecule has 1 fully saturated rings. The molecular formula is C28H27N3O4. The van der Waals surface area contributed by atoms with Gasteiger partial charge in [-0.2, -0.15) is 0 Å². The molecule has 2 aromatic carbocycles. The van der Waals surface area contributed by atoms with Gasteiger partial charge in [0.15, 0.2) is 11.5 Å². The number of benzene rings is 2. The van der Waals surface area contributed by atoms with Crippen molar-refractivity contribution < 1.29 is 19.0 Å². The zero-order valence-corrected chi connectivity index (χ0v) is 19.8. The second kappa shape index (κ2) is 10.0. The summed E-state index contributed by atoms with van der Waals surface area (Å²) in [7, 11) is 3.01. The molecule has 35 heavy (non-hydrogen) atoms. The average molecular weight is 470 g/mol. The van der Waals surface area contributed by atoms with Gasteiger partial charge in [0.25, 0.3) is 0 Å². The topological polar surface area (TPSA) is 75.5 Å². The molecule has 0 spiro atoms. The molecule has 2 aromatic heterocycles. The van der Waals surface area contributed by atoms with Gasteiger partial charge in [-0.25, -0.2) is 14.8 Å². The number of fused-ring (bicyclic) bond motifs is 1. The number of aromatic nitrogens is 3. The van der Waals surface area contributed by atoms with E-state index in [-0.39, 0.29) is 6.10 Å². The highest BCUT2D eigenvalue weighted by Crippen LogP contribution is 2.36. The number of esters is 1. The molecule has 4 aromatic rings. The number of methoxy groups -OCH3 is 2. The molecule has 0 aliphatic heterocycles. The van der Waals surface area contributed by atoms with Gasteiger partial charge in [-0.05, 0) is 68.2 Å². The van der Waals surface area contributed by atoms with Crippen LogP contribution in [0.5, 0.6) is 11.5 Å². The highest BCUT2D eigenvalue weighted by atomic mass is 16.5. The summed E-state index contributed by atoms with van der Waals surface area (Å²) in [5.41, 5.74) is 3.07. The van der Waals surface area contributed by atoms with Crippen molar-refractivity contribution in [2.24, 2.45) is 0 Å². The first-order valence-electron chi connectivity index (χ1n) is 11.7. The van der Waals surface area contributed by atoms with Gasteiger partial charge in [-0.1, -0.05) is 24.3 Å². The van der Waals surface area contributed by atoms with Crippen LogP contribution in [0.2, 0.25) is 0 Å². The number of hydrogen-bond acceptors (Lipinski definition) is 6. The molecule has 0 radical (unpaired) electrons. The lowest BCUT2D eigenvalue weighted by molar-refractivity contribution is 0.0600. The number of rotatable bonds is 7. The van der Waals surface area contributed by atoms with Crippen LogP contribution < -0.4 is 9.47 Å². The van der Waals surface area contributed by atoms with Crippen LogP contribution >= 0.6 is 0 Å². The molecule has 7 nitrogen and oxygen atoms in total. The van der Waals surface area contributed by atoms with E-state index in [1.807, 2.05) is 59.2 Å². The fourth-order valence-electron chi connectivity index (χ4n) is 4.44. The summed E-state index contributed by atoms with van der Waals surface area (Å²) >= 11 is 0. The molecule has 0 bridgehead atoms. The predicted octanol–water partition coefficient (Wildman–Crippen LogP) is 5.71. The van der Waals surface area contributed by atoms with Crippen LogP contribution in [0, 0.1) is 0 Å². The number of para-hydroxylation sites is 3. The number of hydrogen-bond donors (Lipinski definition) is 0. The first-order chi connectivity index (χ1) is 17.2. The van der Waals surface area contributed by atoms with Crippen LogP contribution in [0.25, 0.3) is 29.0 Å². The first kappa shape index (κ1) is 22.7. The second-order valence-corrected chi connectivity index (χ2v) is 8.43. The van der Waals surface area contributed by atoms with Crippen molar-refractivity contribution in [3.63, 3.8) is 0 Å². The van der Waals surface area contributed by atoms with Crippen molar-refractivity contribution >= 4 is 29.2 Å². The maximum atomic E-state index is 11.8. The van der Waals surface area contributed by atoms with Gasteiger partial charge in [0.2, 0.25) is 0 Å². The molecule has 1 saturated carbocycles. The van der Waals surface area contributed by atoms with E-state index in [1.54, 1.807) is 19.2 Å². The Bertz CT molecular complexity index is 1370. The molecule has 0 N–H and O–H groups in total. The summed E-state index contributed by atoms with van der Waals surface area (Å²) < 4.78 is 18.7. The molecule has 1 aliphatic carbocycles. The largest absolute Gasteiger partial charge is 0.493 e. The van der Waals surface area contributed by atoms with E-state index in [4.69, 9.17) is 19.2 Å². The summed E-state index contributed by atoms with van der Waals surface area (Å²) in [4.78, 5) is 21.2. The summed E-state index contributed by atoms with van der Waals surface area (Å²) in [5, 5.41) is 0. The van der Waals surface area contributed by atoms with E-state index in [2.05, 4.69) is 4.98 Å². The minimum Gasteiger partial charge on any atom is -0.493 e. The minimum absolute atomic E-state index is 0.209. The molecule has 0 unspecified atom stereocenters. The van der Waals surface area contributed by atoms with Crippen molar-refractivity contribution in [1.82, 2.24) is 14.5 Å². The standard InChI is InChI=1S/C28H27N3O4/c1-33-24-13-7-8-19(27(24)35-21-9-3-4-10-21)14-17-26-30-22-11-5-6-12-23(22)31(26)25-16-15-20(18-29-25)28(32)34-2/h5-8,11-18,21H,3-4,9-10H2,1-2H3/b17-14+. The Kier molecular flexibility index (Phi) is 6.48. The molecule has 7 heteroatoms. The van der Waals surface area contributed by atoms with Gasteiger partial charge in [0.1, 0.15) is 11.6 Å². The van der Waals surface area contributed by atoms with Crippen LogP contribution in [-0.4, -0.2) is 40.8 Å². The third-order valence-corrected chi connectivity index (χ3v) is 6.21. The third kappa shape index (κ3) is 4.62. The van der Waals surface area contributed by atoms with E-state index in [1.165, 1.54) is 26.1 Å². The minimum atomic E-state index is -0.424. The van der Waals surface area contributed by atoms with E-state index < -0.39 is 5.97 Å². The lowest BCUT2D eigenvalue weighted by Crippen LogP contribution is -2.12. The Morgan fingerprint density at radius 2 is 1.83 bits per heavy atom. The summed E-state index contributed by atoms with van der Waals surface area (Å²) in [6.07, 6.45) is 10.2. The zero-order valence-electron chi connectivity index (χ0n) is 19.8. The normalized spacial score (nSPS) is 14.0. The van der Waals surface area contributed by atoms with Crippen molar-refractivity contribution in [3.8, 4) is 17.3 Å². The van der Waals surface area contributed by atoms with Gasteiger partial charge in [0.05, 0.1) is 36.9 Å². The van der Waals surface area contributed by atoms with Crippen LogP contribution in [0.1, 0.15) is 47.4 Å². The van der Waals surface area contributed by atoms with Crippen molar-refractivity contribution in [2.45, 2.75) is 31.8 Å². The molecular weight excluding hydrogens is 442 g/mol. The highest BCUT2D eigenvalue weighted by Gasteiger charge is 2.20. The van der Waals surface area contributed by atoms with E-state index >= 15 is 0 Å². The Balaban J connectivity index is 1.55. The molecule has 178 valence electrons. The average Bonchev–Trinajstić information content (AvgIpc) is 3.55. The molecule has 0 amide bonds. The van der Waals surface area contributed by atoms with E-state index in [0.717, 1.165) is 35.2 Å². The van der Waals surface area contributed by atoms with Gasteiger partial charge in [-0.3, -0.25) is 4.57 Å². The predicted molar refractivity (Wildman–Crippen MR) is 135 cm³/mol. The third-order valence-electron chi connectivity index (χ3n) is 6.21. The van der Waals surface area contributed by atoms with Gasteiger partial charge < -0.3 is 14.2 Å². The number of nitrogens with zero attached hydrogens (tertiary/aromatic N) is 3. The van der Waals surface area contributed by atoms with E-state index in [0.29, 0.717) is 23.0 Å². The van der Waals surface area contributed by atoms with Gasteiger partial charge in [-0.15, -0.1) is 0 Å². The maximum Gasteiger partial charge on any atom is 0.339 e. The first-order valence-corrected chi connectivity index (χ1v) is 11.7. The summed E-state index contributed by atoms with van der Waals surface area (Å²) in [6, 6.07) is 17.3. The molecule has 0 atom stereocenters. The van der Waals surface area contributed by atoms with E-state index in [9.17, 15) is 4.79 Å². The highest BCUT2D eigenvalue weighted by molar-refractivity contribution is 5.89.